The van der Waals surface area contributed by atoms with Crippen molar-refractivity contribution >= 4 is 12.1 Å². The van der Waals surface area contributed by atoms with Gasteiger partial charge in [-0.2, -0.15) is 0 Å². The van der Waals surface area contributed by atoms with Gasteiger partial charge in [0, 0.05) is 26.2 Å². The van der Waals surface area contributed by atoms with Crippen molar-refractivity contribution in [1.82, 2.24) is 15.5 Å². The zero-order valence-corrected chi connectivity index (χ0v) is 18.0. The van der Waals surface area contributed by atoms with Gasteiger partial charge >= 0.3 is 6.09 Å². The third kappa shape index (κ3) is 8.65. The molecule has 0 aliphatic heterocycles. The highest BCUT2D eigenvalue weighted by Gasteiger charge is 2.26. The predicted octanol–water partition coefficient (Wildman–Crippen LogP) is 2.69. The van der Waals surface area contributed by atoms with Gasteiger partial charge in [0.25, 0.3) is 0 Å². The monoisotopic (exact) mass is 396 g/mol. The van der Waals surface area contributed by atoms with E-state index in [2.05, 4.69) is 15.6 Å². The summed E-state index contributed by atoms with van der Waals surface area (Å²) in [6.07, 6.45) is 2.05. The molecule has 8 heteroatoms. The molecule has 1 rings (SSSR count). The van der Waals surface area contributed by atoms with Gasteiger partial charge in [-0.15, -0.1) is 0 Å². The molecule has 160 valence electrons. The first-order chi connectivity index (χ1) is 13.1. The summed E-state index contributed by atoms with van der Waals surface area (Å²) in [5.74, 6) is 1.03. The van der Waals surface area contributed by atoms with Crippen LogP contribution in [0.4, 0.5) is 4.79 Å². The van der Waals surface area contributed by atoms with E-state index in [1.807, 2.05) is 34.6 Å². The van der Waals surface area contributed by atoms with Crippen LogP contribution in [-0.2, 0) is 10.3 Å². The lowest BCUT2D eigenvalue weighted by atomic mass is 10.0. The number of hydrogen-bond donors (Lipinski definition) is 3. The van der Waals surface area contributed by atoms with Gasteiger partial charge in [0.05, 0.1) is 12.8 Å². The van der Waals surface area contributed by atoms with E-state index in [-0.39, 0.29) is 12.6 Å². The van der Waals surface area contributed by atoms with E-state index >= 15 is 0 Å². The lowest BCUT2D eigenvalue weighted by Crippen LogP contribution is -2.45. The standard InChI is InChI=1S/C20H36N4O4/c1-7-12-24(18(25)28-19(3,4)5)13-11-22-17(21-8-2)23-15-20(6,26)16-10-9-14-27-16/h9-10,14,26H,7-8,11-13,15H2,1-6H3,(H2,21,22,23). The van der Waals surface area contributed by atoms with Crippen LogP contribution in [-0.4, -0.2) is 60.4 Å². The molecule has 0 spiro atoms. The van der Waals surface area contributed by atoms with E-state index in [4.69, 9.17) is 9.15 Å². The molecule has 0 saturated carbocycles. The number of hydrogen-bond acceptors (Lipinski definition) is 5. The summed E-state index contributed by atoms with van der Waals surface area (Å²) in [5, 5.41) is 16.9. The molecule has 1 aromatic heterocycles. The van der Waals surface area contributed by atoms with Crippen molar-refractivity contribution in [1.29, 1.82) is 0 Å². The van der Waals surface area contributed by atoms with Crippen molar-refractivity contribution in [3.8, 4) is 0 Å². The molecule has 1 aromatic rings. The molecule has 0 aromatic carbocycles. The van der Waals surface area contributed by atoms with Gasteiger partial charge in [-0.05, 0) is 53.2 Å². The fraction of sp³-hybridized carbons (Fsp3) is 0.700. The molecule has 3 N–H and O–H groups in total. The molecule has 28 heavy (non-hydrogen) atoms. The summed E-state index contributed by atoms with van der Waals surface area (Å²) in [4.78, 5) is 18.4. The number of aliphatic hydroxyl groups is 1. The number of nitrogens with zero attached hydrogens (tertiary/aromatic N) is 2. The van der Waals surface area contributed by atoms with E-state index in [1.54, 1.807) is 24.0 Å². The zero-order valence-electron chi connectivity index (χ0n) is 18.0. The third-order valence-corrected chi connectivity index (χ3v) is 3.76. The summed E-state index contributed by atoms with van der Waals surface area (Å²) in [7, 11) is 0. The van der Waals surface area contributed by atoms with Gasteiger partial charge in [-0.1, -0.05) is 6.92 Å². The maximum atomic E-state index is 12.3. The normalized spacial score (nSPS) is 14.3. The van der Waals surface area contributed by atoms with Gasteiger partial charge in [0.2, 0.25) is 0 Å². The second-order valence-corrected chi connectivity index (χ2v) is 7.84. The van der Waals surface area contributed by atoms with E-state index in [0.29, 0.717) is 37.9 Å². The second kappa shape index (κ2) is 10.9. The van der Waals surface area contributed by atoms with Crippen molar-refractivity contribution in [2.75, 3.05) is 32.7 Å². The van der Waals surface area contributed by atoms with Crippen LogP contribution >= 0.6 is 0 Å². The number of furan rings is 1. The summed E-state index contributed by atoms with van der Waals surface area (Å²) in [5.41, 5.74) is -1.72. The summed E-state index contributed by atoms with van der Waals surface area (Å²) in [6.45, 7) is 13.6. The van der Waals surface area contributed by atoms with E-state index < -0.39 is 11.2 Å². The van der Waals surface area contributed by atoms with E-state index in [9.17, 15) is 9.90 Å². The van der Waals surface area contributed by atoms with Gasteiger partial charge in [-0.25, -0.2) is 9.79 Å². The molecule has 1 atom stereocenters. The Morgan fingerprint density at radius 1 is 1.25 bits per heavy atom. The van der Waals surface area contributed by atoms with Crippen LogP contribution in [0.15, 0.2) is 27.8 Å². The van der Waals surface area contributed by atoms with Crippen LogP contribution in [0.1, 0.15) is 53.7 Å². The molecule has 1 unspecified atom stereocenters. The quantitative estimate of drug-likeness (QED) is 0.438. The highest BCUT2D eigenvalue weighted by atomic mass is 16.6. The van der Waals surface area contributed by atoms with Gasteiger partial charge in [0.15, 0.2) is 5.96 Å². The topological polar surface area (TPSA) is 99.3 Å². The molecule has 0 bridgehead atoms. The molecular weight excluding hydrogens is 360 g/mol. The maximum absolute atomic E-state index is 12.3. The molecule has 0 aliphatic carbocycles. The molecule has 1 amide bonds. The molecule has 1 heterocycles. The fourth-order valence-corrected chi connectivity index (χ4v) is 2.44. The van der Waals surface area contributed by atoms with Gasteiger partial charge in [-0.3, -0.25) is 0 Å². The molecular formula is C20H36N4O4. The number of ether oxygens (including phenoxy) is 1. The second-order valence-electron chi connectivity index (χ2n) is 7.84. The van der Waals surface area contributed by atoms with Crippen molar-refractivity contribution in [2.45, 2.75) is 59.2 Å². The van der Waals surface area contributed by atoms with Crippen LogP contribution in [0.25, 0.3) is 0 Å². The van der Waals surface area contributed by atoms with Crippen molar-refractivity contribution in [3.63, 3.8) is 0 Å². The number of guanidine groups is 1. The Labute approximate surface area is 168 Å². The predicted molar refractivity (Wildman–Crippen MR) is 110 cm³/mol. The van der Waals surface area contributed by atoms with Gasteiger partial charge in [0.1, 0.15) is 17.0 Å². The van der Waals surface area contributed by atoms with E-state index in [1.165, 1.54) is 6.26 Å². The molecule has 0 saturated heterocycles. The molecule has 8 nitrogen and oxygen atoms in total. The molecule has 0 fully saturated rings. The molecule has 0 aliphatic rings. The lowest BCUT2D eigenvalue weighted by molar-refractivity contribution is 0.0253. The summed E-state index contributed by atoms with van der Waals surface area (Å²) in [6, 6.07) is 3.45. The Kier molecular flexibility index (Phi) is 9.31. The first-order valence-corrected chi connectivity index (χ1v) is 9.85. The largest absolute Gasteiger partial charge is 0.466 e. The summed E-state index contributed by atoms with van der Waals surface area (Å²) < 4.78 is 10.7. The highest BCUT2D eigenvalue weighted by molar-refractivity contribution is 5.79. The SMILES string of the molecule is CCCN(CCNC(=NCC(C)(O)c1ccco1)NCC)C(=O)OC(C)(C)C. The Morgan fingerprint density at radius 3 is 2.50 bits per heavy atom. The molecule has 0 radical (unpaired) electrons. The Balaban J connectivity index is 2.64. The maximum Gasteiger partial charge on any atom is 0.410 e. The number of aliphatic imine (C=N–C) groups is 1. The number of nitrogens with one attached hydrogen (secondary N) is 2. The fourth-order valence-electron chi connectivity index (χ4n) is 2.44. The van der Waals surface area contributed by atoms with Crippen LogP contribution in [0.3, 0.4) is 0 Å². The lowest BCUT2D eigenvalue weighted by Gasteiger charge is -2.27. The van der Waals surface area contributed by atoms with Crippen LogP contribution in [0.5, 0.6) is 0 Å². The van der Waals surface area contributed by atoms with Crippen molar-refractivity contribution in [3.05, 3.63) is 24.2 Å². The Morgan fingerprint density at radius 2 is 1.96 bits per heavy atom. The average molecular weight is 397 g/mol. The minimum absolute atomic E-state index is 0.139. The highest BCUT2D eigenvalue weighted by Crippen LogP contribution is 2.21. The number of amides is 1. The van der Waals surface area contributed by atoms with Crippen LogP contribution < -0.4 is 10.6 Å². The minimum atomic E-state index is -1.20. The third-order valence-electron chi connectivity index (χ3n) is 3.76. The van der Waals surface area contributed by atoms with Crippen molar-refractivity contribution in [2.24, 2.45) is 4.99 Å². The number of carbonyl (C=O) groups is 1. The Bertz CT molecular complexity index is 606. The van der Waals surface area contributed by atoms with E-state index in [0.717, 1.165) is 6.42 Å². The zero-order chi connectivity index (χ0) is 21.2. The average Bonchev–Trinajstić information content (AvgIpc) is 3.13. The summed E-state index contributed by atoms with van der Waals surface area (Å²) >= 11 is 0. The van der Waals surface area contributed by atoms with Crippen LogP contribution in [0.2, 0.25) is 0 Å². The minimum Gasteiger partial charge on any atom is -0.466 e. The number of carbonyl (C=O) groups excluding carboxylic acids is 1. The van der Waals surface area contributed by atoms with Crippen LogP contribution in [0, 0.1) is 0 Å². The first-order valence-electron chi connectivity index (χ1n) is 9.85. The Hall–Kier alpha value is -2.22. The smallest absolute Gasteiger partial charge is 0.410 e. The van der Waals surface area contributed by atoms with Crippen molar-refractivity contribution < 1.29 is 19.1 Å². The van der Waals surface area contributed by atoms with Gasteiger partial charge < -0.3 is 29.8 Å². The number of rotatable bonds is 9. The first kappa shape index (κ1) is 23.8.